The van der Waals surface area contributed by atoms with E-state index in [1.54, 1.807) is 6.92 Å². The lowest BCUT2D eigenvalue weighted by molar-refractivity contribution is -0.151. The van der Waals surface area contributed by atoms with Crippen molar-refractivity contribution in [3.8, 4) is 0 Å². The van der Waals surface area contributed by atoms with Crippen LogP contribution < -0.4 is 0 Å². The molecular weight excluding hydrogens is 240 g/mol. The Morgan fingerprint density at radius 1 is 1.24 bits per heavy atom. The zero-order valence-corrected chi connectivity index (χ0v) is 12.1. The highest BCUT2D eigenvalue weighted by Crippen LogP contribution is 2.16. The summed E-state index contributed by atoms with van der Waals surface area (Å²) >= 11 is 1.40. The van der Waals surface area contributed by atoms with E-state index in [9.17, 15) is 9.59 Å². The van der Waals surface area contributed by atoms with Crippen LogP contribution in [-0.4, -0.2) is 35.1 Å². The number of carbonyl (C=O) groups excluding carboxylic acids is 2. The average molecular weight is 262 g/mol. The van der Waals surface area contributed by atoms with E-state index in [2.05, 4.69) is 0 Å². The van der Waals surface area contributed by atoms with Gasteiger partial charge in [-0.05, 0) is 27.7 Å². The lowest BCUT2D eigenvalue weighted by Gasteiger charge is -2.19. The summed E-state index contributed by atoms with van der Waals surface area (Å²) in [6.45, 7) is 9.55. The van der Waals surface area contributed by atoms with Crippen LogP contribution >= 0.6 is 11.8 Å². The number of thioether (sulfide) groups is 1. The van der Waals surface area contributed by atoms with Gasteiger partial charge in [0, 0.05) is 5.25 Å². The Kier molecular flexibility index (Phi) is 7.27. The molecule has 100 valence electrons. The molecule has 0 aliphatic carbocycles. The molecule has 0 radical (unpaired) electrons. The molecule has 1 atom stereocenters. The molecule has 0 aliphatic heterocycles. The van der Waals surface area contributed by atoms with Crippen LogP contribution in [0.1, 0.15) is 41.0 Å². The van der Waals surface area contributed by atoms with Crippen LogP contribution in [0.5, 0.6) is 0 Å². The van der Waals surface area contributed by atoms with Gasteiger partial charge in [-0.3, -0.25) is 9.59 Å². The highest BCUT2D eigenvalue weighted by molar-refractivity contribution is 8.00. The minimum Gasteiger partial charge on any atom is -0.466 e. The molecule has 0 N–H and O–H groups in total. The minimum absolute atomic E-state index is 0.0570. The van der Waals surface area contributed by atoms with E-state index >= 15 is 0 Å². The van der Waals surface area contributed by atoms with Crippen LogP contribution in [0, 0.1) is 0 Å². The second-order valence-corrected chi connectivity index (χ2v) is 6.14. The maximum absolute atomic E-state index is 11.4. The van der Waals surface area contributed by atoms with E-state index in [4.69, 9.17) is 9.47 Å². The van der Waals surface area contributed by atoms with Gasteiger partial charge in [0.15, 0.2) is 0 Å². The molecule has 0 aromatic rings. The van der Waals surface area contributed by atoms with Gasteiger partial charge in [0.2, 0.25) is 0 Å². The monoisotopic (exact) mass is 262 g/mol. The molecule has 5 heteroatoms. The van der Waals surface area contributed by atoms with Crippen molar-refractivity contribution in [2.24, 2.45) is 0 Å². The predicted octanol–water partition coefficient (Wildman–Crippen LogP) is 2.40. The highest BCUT2D eigenvalue weighted by atomic mass is 32.2. The van der Waals surface area contributed by atoms with Crippen molar-refractivity contribution in [1.29, 1.82) is 0 Å². The molecule has 0 saturated carbocycles. The zero-order chi connectivity index (χ0) is 13.5. The molecular formula is C12H22O4S. The normalized spacial score (nSPS) is 13.0. The molecule has 0 aromatic heterocycles. The summed E-state index contributed by atoms with van der Waals surface area (Å²) < 4.78 is 10.00. The van der Waals surface area contributed by atoms with Crippen LogP contribution in [-0.2, 0) is 19.1 Å². The number of rotatable bonds is 6. The quantitative estimate of drug-likeness (QED) is 0.688. The Labute approximate surface area is 107 Å². The van der Waals surface area contributed by atoms with E-state index in [1.807, 2.05) is 27.7 Å². The first-order chi connectivity index (χ1) is 7.74. The zero-order valence-electron chi connectivity index (χ0n) is 11.2. The first kappa shape index (κ1) is 16.3. The summed E-state index contributed by atoms with van der Waals surface area (Å²) in [5, 5.41) is 0.0570. The van der Waals surface area contributed by atoms with Crippen molar-refractivity contribution < 1.29 is 19.1 Å². The van der Waals surface area contributed by atoms with E-state index in [-0.39, 0.29) is 22.9 Å². The number of hydrogen-bond acceptors (Lipinski definition) is 5. The number of esters is 2. The maximum Gasteiger partial charge on any atom is 0.316 e. The third-order valence-corrected chi connectivity index (χ3v) is 2.80. The summed E-state index contributed by atoms with van der Waals surface area (Å²) in [5.41, 5.74) is -0.456. The molecule has 0 spiro atoms. The Morgan fingerprint density at radius 3 is 2.29 bits per heavy atom. The summed E-state index contributed by atoms with van der Waals surface area (Å²) in [4.78, 5) is 22.6. The van der Waals surface area contributed by atoms with E-state index < -0.39 is 5.60 Å². The molecule has 1 unspecified atom stereocenters. The van der Waals surface area contributed by atoms with E-state index in [1.165, 1.54) is 11.8 Å². The molecule has 0 bridgehead atoms. The van der Waals surface area contributed by atoms with Crippen LogP contribution in [0.15, 0.2) is 0 Å². The van der Waals surface area contributed by atoms with E-state index in [0.717, 1.165) is 0 Å². The summed E-state index contributed by atoms with van der Waals surface area (Å²) in [5.74, 6) is -0.215. The second kappa shape index (κ2) is 7.58. The van der Waals surface area contributed by atoms with Crippen molar-refractivity contribution >= 4 is 23.7 Å². The lowest BCUT2D eigenvalue weighted by Crippen LogP contribution is -2.25. The molecule has 0 fully saturated rings. The van der Waals surface area contributed by atoms with Gasteiger partial charge in [-0.15, -0.1) is 11.8 Å². The van der Waals surface area contributed by atoms with Crippen LogP contribution in [0.3, 0.4) is 0 Å². The van der Waals surface area contributed by atoms with Crippen molar-refractivity contribution in [2.75, 3.05) is 12.4 Å². The Hall–Kier alpha value is -0.710. The van der Waals surface area contributed by atoms with Crippen LogP contribution in [0.25, 0.3) is 0 Å². The predicted molar refractivity (Wildman–Crippen MR) is 69.0 cm³/mol. The summed E-state index contributed by atoms with van der Waals surface area (Å²) in [6, 6.07) is 0. The molecule has 0 amide bonds. The molecule has 17 heavy (non-hydrogen) atoms. The largest absolute Gasteiger partial charge is 0.466 e. The first-order valence-corrected chi connectivity index (χ1v) is 6.78. The Morgan fingerprint density at radius 2 is 1.82 bits per heavy atom. The van der Waals surface area contributed by atoms with Gasteiger partial charge < -0.3 is 9.47 Å². The summed E-state index contributed by atoms with van der Waals surface area (Å²) in [6.07, 6.45) is 0.321. The molecule has 0 saturated heterocycles. The van der Waals surface area contributed by atoms with Gasteiger partial charge in [0.05, 0.1) is 18.8 Å². The summed E-state index contributed by atoms with van der Waals surface area (Å²) in [7, 11) is 0. The third-order valence-electron chi connectivity index (χ3n) is 1.67. The maximum atomic E-state index is 11.4. The van der Waals surface area contributed by atoms with Crippen molar-refractivity contribution in [1.82, 2.24) is 0 Å². The Bertz CT molecular complexity index is 258. The standard InChI is InChI=1S/C12H22O4S/c1-6-15-10(13)7-9(2)17-8-11(14)16-12(3,4)5/h9H,6-8H2,1-5H3. The number of hydrogen-bond donors (Lipinski definition) is 0. The van der Waals surface area contributed by atoms with Crippen molar-refractivity contribution in [2.45, 2.75) is 51.9 Å². The van der Waals surface area contributed by atoms with Gasteiger partial charge in [0.1, 0.15) is 5.60 Å². The van der Waals surface area contributed by atoms with Gasteiger partial charge in [-0.25, -0.2) is 0 Å². The fourth-order valence-corrected chi connectivity index (χ4v) is 1.83. The van der Waals surface area contributed by atoms with Crippen LogP contribution in [0.4, 0.5) is 0 Å². The molecule has 4 nitrogen and oxygen atoms in total. The van der Waals surface area contributed by atoms with Gasteiger partial charge in [-0.2, -0.15) is 0 Å². The average Bonchev–Trinajstić information content (AvgIpc) is 2.12. The number of ether oxygens (including phenoxy) is 2. The topological polar surface area (TPSA) is 52.6 Å². The van der Waals surface area contributed by atoms with Crippen LogP contribution in [0.2, 0.25) is 0 Å². The van der Waals surface area contributed by atoms with Gasteiger partial charge in [-0.1, -0.05) is 6.92 Å². The SMILES string of the molecule is CCOC(=O)CC(C)SCC(=O)OC(C)(C)C. The first-order valence-electron chi connectivity index (χ1n) is 5.73. The van der Waals surface area contributed by atoms with E-state index in [0.29, 0.717) is 13.0 Å². The van der Waals surface area contributed by atoms with Gasteiger partial charge in [0.25, 0.3) is 0 Å². The molecule has 0 aliphatic rings. The Balaban J connectivity index is 3.80. The van der Waals surface area contributed by atoms with Crippen molar-refractivity contribution in [3.63, 3.8) is 0 Å². The fraction of sp³-hybridized carbons (Fsp3) is 0.833. The van der Waals surface area contributed by atoms with Gasteiger partial charge >= 0.3 is 11.9 Å². The molecule has 0 heterocycles. The number of carbonyl (C=O) groups is 2. The smallest absolute Gasteiger partial charge is 0.316 e. The molecule has 0 aromatic carbocycles. The van der Waals surface area contributed by atoms with Crippen molar-refractivity contribution in [3.05, 3.63) is 0 Å². The lowest BCUT2D eigenvalue weighted by atomic mass is 10.2. The minimum atomic E-state index is -0.456. The highest BCUT2D eigenvalue weighted by Gasteiger charge is 2.18. The third kappa shape index (κ3) is 10.2. The molecule has 0 rings (SSSR count). The fourth-order valence-electron chi connectivity index (χ4n) is 1.09. The second-order valence-electron chi connectivity index (χ2n) is 4.72.